The maximum absolute atomic E-state index is 12.6. The molecular weight excluding hydrogens is 1660 g/mol. The molecule has 8 nitrogen and oxygen atoms in total. The predicted octanol–water partition coefficient (Wildman–Crippen LogP) is 35.1. The number of allylic oxidation sites excluding steroid dienone is 4. The summed E-state index contributed by atoms with van der Waals surface area (Å²) in [6, 6.07) is 0. The topological polar surface area (TPSA) is 105 Å². The summed E-state index contributed by atoms with van der Waals surface area (Å²) in [6.45, 7) is 56.5. The van der Waals surface area contributed by atoms with Crippen molar-refractivity contribution in [2.24, 2.45) is 185 Å². The Balaban J connectivity index is 0.000000159. The number of rotatable bonds is 31. The standard InChI is InChI=1S/3C31H52O2.C29H47FO2.C2H5F/c3*1-7-9-29(32)33-24-16-18-30(5)23(20-24)12-13-25-27-15-14-26(22(4)11-8-10-21(2)3)31(27,6)19-17-28(25)30;1-19(2)7-6-8-20(3)24-11-12-25-23-10-9-21-17-22(32-27(31)18-30)13-15-28(21,4)26(23)14-16-29(24,25)5;1-2-3/h3*12,21-22,24-28H,7-11,13-20H2,1-6H3;9,19-20,22-26H,6-8,10-18H2,1-5H3;2H2,1H3. The molecule has 134 heavy (non-hydrogen) atoms. The van der Waals surface area contributed by atoms with Crippen molar-refractivity contribution in [1.82, 2.24) is 0 Å². The van der Waals surface area contributed by atoms with Gasteiger partial charge < -0.3 is 18.9 Å². The van der Waals surface area contributed by atoms with Crippen LogP contribution in [0.3, 0.4) is 0 Å². The van der Waals surface area contributed by atoms with Crippen LogP contribution in [-0.2, 0) is 38.1 Å². The fraction of sp³-hybridized carbons (Fsp3) is 0.903. The Morgan fingerprint density at radius 2 is 0.500 bits per heavy atom. The van der Waals surface area contributed by atoms with Crippen LogP contribution in [0.1, 0.15) is 487 Å². The van der Waals surface area contributed by atoms with E-state index in [9.17, 15) is 28.0 Å². The number of hydrogen-bond acceptors (Lipinski definition) is 8. The normalized spacial score (nSPS) is 40.5. The van der Waals surface area contributed by atoms with E-state index in [2.05, 4.69) is 184 Å². The van der Waals surface area contributed by atoms with Crippen molar-refractivity contribution in [3.8, 4) is 0 Å². The first kappa shape index (κ1) is 110. The van der Waals surface area contributed by atoms with Crippen LogP contribution in [0.25, 0.3) is 0 Å². The molecule has 12 fully saturated rings. The van der Waals surface area contributed by atoms with E-state index in [4.69, 9.17) is 18.9 Å². The van der Waals surface area contributed by atoms with Crippen LogP contribution in [0.2, 0.25) is 0 Å². The maximum Gasteiger partial charge on any atom is 0.337 e. The molecule has 10 heteroatoms. The molecule has 16 aliphatic rings. The average molecular weight is 1870 g/mol. The van der Waals surface area contributed by atoms with Crippen molar-refractivity contribution in [3.63, 3.8) is 0 Å². The molecule has 0 amide bonds. The molecule has 0 saturated heterocycles. The van der Waals surface area contributed by atoms with Crippen LogP contribution >= 0.6 is 0 Å². The van der Waals surface area contributed by atoms with Crippen LogP contribution < -0.4 is 0 Å². The lowest BCUT2D eigenvalue weighted by Crippen LogP contribution is -2.51. The van der Waals surface area contributed by atoms with Gasteiger partial charge in [-0.25, -0.2) is 9.18 Å². The number of halogens is 2. The lowest BCUT2D eigenvalue weighted by atomic mass is 9.47. The van der Waals surface area contributed by atoms with Gasteiger partial charge in [0.25, 0.3) is 0 Å². The largest absolute Gasteiger partial charge is 0.462 e. The third-order valence-corrected chi connectivity index (χ3v) is 43.7. The highest BCUT2D eigenvalue weighted by Gasteiger charge is 2.65. The number of esters is 4. The first-order valence-electron chi connectivity index (χ1n) is 58.3. The fourth-order valence-electron chi connectivity index (χ4n) is 36.6. The van der Waals surface area contributed by atoms with Crippen molar-refractivity contribution >= 4 is 23.9 Å². The lowest BCUT2D eigenvalue weighted by Gasteiger charge is -2.58. The Bertz CT molecular complexity index is 3590. The highest BCUT2D eigenvalue weighted by atomic mass is 19.1. The zero-order chi connectivity index (χ0) is 97.2. The molecule has 16 rings (SSSR count). The number of alkyl halides is 2. The van der Waals surface area contributed by atoms with E-state index >= 15 is 0 Å². The van der Waals surface area contributed by atoms with E-state index in [1.54, 1.807) is 16.7 Å². The monoisotopic (exact) mass is 1860 g/mol. The summed E-state index contributed by atoms with van der Waals surface area (Å²) in [6.07, 6.45) is 72.4. The first-order valence-corrected chi connectivity index (χ1v) is 58.3. The third kappa shape index (κ3) is 24.0. The van der Waals surface area contributed by atoms with Crippen molar-refractivity contribution in [2.45, 2.75) is 512 Å². The Kier molecular flexibility index (Phi) is 38.8. The summed E-state index contributed by atoms with van der Waals surface area (Å²) in [5.74, 6) is 20.3. The zero-order valence-electron chi connectivity index (χ0n) is 91.3. The van der Waals surface area contributed by atoms with Crippen molar-refractivity contribution in [1.29, 1.82) is 0 Å². The second-order valence-electron chi connectivity index (χ2n) is 53.2. The van der Waals surface area contributed by atoms with Crippen molar-refractivity contribution < 1.29 is 46.9 Å². The van der Waals surface area contributed by atoms with Gasteiger partial charge in [0.2, 0.25) is 0 Å². The maximum atomic E-state index is 12.6. The molecule has 16 aliphatic carbocycles. The summed E-state index contributed by atoms with van der Waals surface area (Å²) in [5.41, 5.74) is 9.89. The minimum absolute atomic E-state index is 0.00772. The quantitative estimate of drug-likeness (QED) is 0.0384. The molecule has 0 aromatic rings. The number of ether oxygens (including phenoxy) is 4. The molecule has 12 saturated carbocycles. The molecule has 0 bridgehead atoms. The zero-order valence-corrected chi connectivity index (χ0v) is 91.3. The molecule has 0 radical (unpaired) electrons. The van der Waals surface area contributed by atoms with Gasteiger partial charge in [0.1, 0.15) is 24.4 Å². The average Bonchev–Trinajstić information content (AvgIpc) is 1.55. The number of carbonyl (C=O) groups excluding carboxylic acids is 4. The van der Waals surface area contributed by atoms with E-state index in [-0.39, 0.29) is 54.4 Å². The van der Waals surface area contributed by atoms with E-state index in [0.29, 0.717) is 57.2 Å². The van der Waals surface area contributed by atoms with Crippen molar-refractivity contribution in [3.05, 3.63) is 46.6 Å². The smallest absolute Gasteiger partial charge is 0.337 e. The van der Waals surface area contributed by atoms with Gasteiger partial charge in [-0.3, -0.25) is 18.8 Å². The molecule has 0 aromatic carbocycles. The van der Waals surface area contributed by atoms with E-state index < -0.39 is 12.6 Å². The Morgan fingerprint density at radius 3 is 0.694 bits per heavy atom. The van der Waals surface area contributed by atoms with Gasteiger partial charge >= 0.3 is 23.9 Å². The van der Waals surface area contributed by atoms with Crippen LogP contribution in [0, 0.1) is 185 Å². The summed E-state index contributed by atoms with van der Waals surface area (Å²) >= 11 is 0. The minimum atomic E-state index is -1.01. The van der Waals surface area contributed by atoms with Gasteiger partial charge in [0.15, 0.2) is 6.67 Å². The van der Waals surface area contributed by atoms with Gasteiger partial charge in [-0.2, -0.15) is 0 Å². The molecule has 0 spiro atoms. The molecular formula is C124H208F2O8. The van der Waals surface area contributed by atoms with Gasteiger partial charge in [0.05, 0.1) is 6.67 Å². The first-order chi connectivity index (χ1) is 63.7. The Morgan fingerprint density at radius 1 is 0.291 bits per heavy atom. The van der Waals surface area contributed by atoms with Crippen LogP contribution in [0.15, 0.2) is 46.6 Å². The molecule has 766 valence electrons. The number of hydrogen-bond donors (Lipinski definition) is 0. The van der Waals surface area contributed by atoms with Crippen LogP contribution in [-0.4, -0.2) is 61.6 Å². The van der Waals surface area contributed by atoms with Gasteiger partial charge in [-0.05, 0) is 391 Å². The molecule has 32 atom stereocenters. The highest BCUT2D eigenvalue weighted by Crippen LogP contribution is 2.73. The van der Waals surface area contributed by atoms with Gasteiger partial charge in [0, 0.05) is 44.9 Å². The van der Waals surface area contributed by atoms with Crippen LogP contribution in [0.5, 0.6) is 0 Å². The number of fused-ring (bicyclic) bond motifs is 20. The van der Waals surface area contributed by atoms with Gasteiger partial charge in [-0.1, -0.05) is 283 Å². The summed E-state index contributed by atoms with van der Waals surface area (Å²) in [4.78, 5) is 47.7. The van der Waals surface area contributed by atoms with Gasteiger partial charge in [-0.15, -0.1) is 0 Å². The molecule has 0 heterocycles. The summed E-state index contributed by atoms with van der Waals surface area (Å²) in [5, 5.41) is 0. The summed E-state index contributed by atoms with van der Waals surface area (Å²) in [7, 11) is 0. The minimum Gasteiger partial charge on any atom is -0.462 e. The van der Waals surface area contributed by atoms with E-state index in [1.807, 2.05) is 0 Å². The molecule has 32 unspecified atom stereocenters. The number of carbonyl (C=O) groups is 4. The van der Waals surface area contributed by atoms with Crippen LogP contribution in [0.4, 0.5) is 8.78 Å². The second-order valence-corrected chi connectivity index (χ2v) is 53.2. The Hall–Kier alpha value is -3.30. The lowest BCUT2D eigenvalue weighted by molar-refractivity contribution is -0.153. The summed E-state index contributed by atoms with van der Waals surface area (Å²) < 4.78 is 45.9. The van der Waals surface area contributed by atoms with Crippen molar-refractivity contribution in [2.75, 3.05) is 13.3 Å². The van der Waals surface area contributed by atoms with E-state index in [0.717, 1.165) is 219 Å². The molecule has 0 N–H and O–H groups in total. The predicted molar refractivity (Wildman–Crippen MR) is 554 cm³/mol. The Labute approximate surface area is 822 Å². The second kappa shape index (κ2) is 47.5. The third-order valence-electron chi connectivity index (χ3n) is 43.7. The molecule has 0 aromatic heterocycles. The van der Waals surface area contributed by atoms with E-state index in [1.165, 1.54) is 237 Å². The SMILES string of the molecule is CC(C)CCCC(C)C1CCC2C3CC=C4CC(OC(=O)CF)CCC4(C)C3CCC12C.CCCC(=O)OC1CCC2(C)C(=CCC3C2CCC2(C)C(C(C)CCCC(C)C)CCC32)C1.CCCC(=O)OC1CCC2(C)C(=CCC3C2CCC2(C)C(C(C)CCCC(C)C)CCC32)C1.CCCC(=O)OC1CCC2(C)C(=CCC3C2CCC2(C)C(C(C)CCCC(C)C)CCC32)C1.CCF. The highest BCUT2D eigenvalue weighted by molar-refractivity contribution is 5.71. The molecule has 0 aliphatic heterocycles. The fourth-order valence-corrected chi connectivity index (χ4v) is 36.6.